The molecule has 1 amide bonds. The predicted octanol–water partition coefficient (Wildman–Crippen LogP) is -0.300. The maximum atomic E-state index is 12.3. The lowest BCUT2D eigenvalue weighted by atomic mass is 10.1. The molecule has 2 heterocycles. The maximum Gasteiger partial charge on any atom is 0.334 e. The average molecular weight is 537 g/mol. The van der Waals surface area contributed by atoms with Crippen molar-refractivity contribution < 1.29 is 39.2 Å². The van der Waals surface area contributed by atoms with Crippen molar-refractivity contribution in [2.75, 3.05) is 38.3 Å². The number of rotatable bonds is 12. The molecule has 2 aromatic heterocycles. The predicted molar refractivity (Wildman–Crippen MR) is 125 cm³/mol. The SMILES string of the molecule is CO[C@H](CN(CCO)C(=O)CP(=O)(O)O)[C@@H](O)[C@@H](O)n1cnc2c(NC3CCCC3)nc(Cl)nc21. The van der Waals surface area contributed by atoms with Crippen LogP contribution >= 0.6 is 19.2 Å². The highest BCUT2D eigenvalue weighted by Gasteiger charge is 2.33. The third-order valence-electron chi connectivity index (χ3n) is 5.83. The van der Waals surface area contributed by atoms with E-state index in [0.29, 0.717) is 11.3 Å². The molecule has 16 heteroatoms. The molecule has 0 unspecified atom stereocenters. The number of aliphatic hydroxyl groups is 3. The molecule has 0 saturated heterocycles. The number of amides is 1. The lowest BCUT2D eigenvalue weighted by molar-refractivity contribution is -0.138. The summed E-state index contributed by atoms with van der Waals surface area (Å²) in [6.45, 7) is -1.10. The van der Waals surface area contributed by atoms with E-state index < -0.39 is 44.7 Å². The monoisotopic (exact) mass is 536 g/mol. The van der Waals surface area contributed by atoms with Crippen molar-refractivity contribution in [1.29, 1.82) is 0 Å². The van der Waals surface area contributed by atoms with E-state index in [2.05, 4.69) is 20.3 Å². The molecule has 1 aliphatic carbocycles. The average Bonchev–Trinajstić information content (AvgIpc) is 3.44. The number of hydrogen-bond acceptors (Lipinski definition) is 10. The Bertz CT molecular complexity index is 1060. The molecular weight excluding hydrogens is 507 g/mol. The Kier molecular flexibility index (Phi) is 9.40. The first-order valence-corrected chi connectivity index (χ1v) is 13.2. The number of aliphatic hydroxyl groups excluding tert-OH is 3. The zero-order valence-corrected chi connectivity index (χ0v) is 20.7. The Morgan fingerprint density at radius 2 is 2.03 bits per heavy atom. The van der Waals surface area contributed by atoms with Gasteiger partial charge >= 0.3 is 7.60 Å². The van der Waals surface area contributed by atoms with Crippen molar-refractivity contribution in [3.8, 4) is 0 Å². The minimum atomic E-state index is -4.65. The first-order valence-electron chi connectivity index (χ1n) is 11.0. The van der Waals surface area contributed by atoms with Crippen LogP contribution in [0, 0.1) is 0 Å². The number of nitrogens with zero attached hydrogens (tertiary/aromatic N) is 5. The van der Waals surface area contributed by atoms with Crippen LogP contribution < -0.4 is 5.32 Å². The number of nitrogens with one attached hydrogen (secondary N) is 1. The third kappa shape index (κ3) is 7.08. The number of aromatic nitrogens is 4. The second-order valence-corrected chi connectivity index (χ2v) is 10.3. The molecule has 2 aromatic rings. The summed E-state index contributed by atoms with van der Waals surface area (Å²) >= 11 is 6.10. The third-order valence-corrected chi connectivity index (χ3v) is 6.68. The summed E-state index contributed by atoms with van der Waals surface area (Å²) in [5.74, 6) is -0.529. The van der Waals surface area contributed by atoms with Crippen molar-refractivity contribution in [1.82, 2.24) is 24.4 Å². The van der Waals surface area contributed by atoms with Gasteiger partial charge in [-0.15, -0.1) is 0 Å². The van der Waals surface area contributed by atoms with Crippen LogP contribution in [0.4, 0.5) is 5.82 Å². The van der Waals surface area contributed by atoms with Crippen molar-refractivity contribution in [2.24, 2.45) is 0 Å². The Balaban J connectivity index is 1.81. The second kappa shape index (κ2) is 11.9. The molecule has 35 heavy (non-hydrogen) atoms. The van der Waals surface area contributed by atoms with Gasteiger partial charge in [0.15, 0.2) is 23.2 Å². The lowest BCUT2D eigenvalue weighted by Gasteiger charge is -2.31. The topological polar surface area (TPSA) is 203 Å². The minimum absolute atomic E-state index is 0.0816. The van der Waals surface area contributed by atoms with Crippen LogP contribution in [-0.4, -0.2) is 107 Å². The molecule has 14 nitrogen and oxygen atoms in total. The van der Waals surface area contributed by atoms with Gasteiger partial charge in [0, 0.05) is 26.2 Å². The van der Waals surface area contributed by atoms with E-state index >= 15 is 0 Å². The van der Waals surface area contributed by atoms with E-state index in [1.54, 1.807) is 0 Å². The molecule has 1 saturated carbocycles. The zero-order valence-electron chi connectivity index (χ0n) is 19.1. The van der Waals surface area contributed by atoms with Crippen molar-refractivity contribution >= 4 is 42.1 Å². The molecule has 3 rings (SSSR count). The van der Waals surface area contributed by atoms with Gasteiger partial charge in [0.05, 0.1) is 12.9 Å². The van der Waals surface area contributed by atoms with E-state index in [4.69, 9.17) is 26.1 Å². The van der Waals surface area contributed by atoms with E-state index in [-0.39, 0.29) is 30.1 Å². The number of carbonyl (C=O) groups is 1. The lowest BCUT2D eigenvalue weighted by Crippen LogP contribution is -2.47. The smallest absolute Gasteiger partial charge is 0.334 e. The summed E-state index contributed by atoms with van der Waals surface area (Å²) in [5, 5.41) is 34.2. The number of ether oxygens (including phenoxy) is 1. The van der Waals surface area contributed by atoms with Gasteiger partial charge in [0.1, 0.15) is 18.4 Å². The van der Waals surface area contributed by atoms with Gasteiger partial charge in [0.2, 0.25) is 11.2 Å². The normalized spacial score (nSPS) is 17.5. The molecule has 196 valence electrons. The van der Waals surface area contributed by atoms with Gasteiger partial charge in [-0.1, -0.05) is 12.8 Å². The van der Waals surface area contributed by atoms with Gasteiger partial charge in [-0.3, -0.25) is 13.9 Å². The number of imidazole rings is 1. The van der Waals surface area contributed by atoms with Gasteiger partial charge in [0.25, 0.3) is 0 Å². The van der Waals surface area contributed by atoms with Gasteiger partial charge in [-0.2, -0.15) is 9.97 Å². The van der Waals surface area contributed by atoms with Gasteiger partial charge in [-0.05, 0) is 24.4 Å². The quantitative estimate of drug-likeness (QED) is 0.153. The van der Waals surface area contributed by atoms with E-state index in [1.807, 2.05) is 0 Å². The number of hydrogen-bond donors (Lipinski definition) is 6. The van der Waals surface area contributed by atoms with Crippen molar-refractivity contribution in [3.05, 3.63) is 11.6 Å². The fraction of sp³-hybridized carbons (Fsp3) is 0.684. The summed E-state index contributed by atoms with van der Waals surface area (Å²) < 4.78 is 17.7. The number of halogens is 1. The standard InChI is InChI=1S/C19H30ClN6O8P/c1-34-12(8-25(6-7-27)13(28)9-35(31,32)33)15(29)18(30)26-10-21-14-16(22-11-4-2-3-5-11)23-19(20)24-17(14)26/h10-12,15,18,27,29-30H,2-9H2,1H3,(H,22,23,24)(H2,31,32,33)/t12-,15-,18-/m1/s1. The second-order valence-electron chi connectivity index (χ2n) is 8.36. The maximum absolute atomic E-state index is 12.3. The zero-order chi connectivity index (χ0) is 25.8. The summed E-state index contributed by atoms with van der Waals surface area (Å²) in [7, 11) is -3.42. The first kappa shape index (κ1) is 27.7. The summed E-state index contributed by atoms with van der Waals surface area (Å²) in [4.78, 5) is 44.0. The van der Waals surface area contributed by atoms with Crippen molar-refractivity contribution in [2.45, 2.75) is 50.2 Å². The molecule has 0 bridgehead atoms. The minimum Gasteiger partial charge on any atom is -0.395 e. The Hall–Kier alpha value is -1.90. The Labute approximate surface area is 206 Å². The number of anilines is 1. The van der Waals surface area contributed by atoms with E-state index in [9.17, 15) is 24.7 Å². The molecule has 1 aliphatic rings. The number of carbonyl (C=O) groups excluding carboxylic acids is 1. The largest absolute Gasteiger partial charge is 0.395 e. The molecular formula is C19H30ClN6O8P. The van der Waals surface area contributed by atoms with E-state index in [0.717, 1.165) is 30.6 Å². The summed E-state index contributed by atoms with van der Waals surface area (Å²) in [6, 6.07) is 0.214. The highest BCUT2D eigenvalue weighted by atomic mass is 35.5. The fourth-order valence-electron chi connectivity index (χ4n) is 4.06. The van der Waals surface area contributed by atoms with Gasteiger partial charge < -0.3 is 40.1 Å². The first-order chi connectivity index (χ1) is 16.5. The van der Waals surface area contributed by atoms with E-state index in [1.165, 1.54) is 18.0 Å². The van der Waals surface area contributed by atoms with Crippen LogP contribution in [0.5, 0.6) is 0 Å². The molecule has 6 N–H and O–H groups in total. The van der Waals surface area contributed by atoms with Crippen LogP contribution in [0.25, 0.3) is 11.2 Å². The van der Waals surface area contributed by atoms with Crippen molar-refractivity contribution in [3.63, 3.8) is 0 Å². The Morgan fingerprint density at radius 1 is 1.34 bits per heavy atom. The van der Waals surface area contributed by atoms with Crippen LogP contribution in [0.3, 0.4) is 0 Å². The highest BCUT2D eigenvalue weighted by Crippen LogP contribution is 2.34. The molecule has 0 radical (unpaired) electrons. The summed E-state index contributed by atoms with van der Waals surface area (Å²) in [6.07, 6.45) is -0.103. The number of methoxy groups -OCH3 is 1. The molecule has 0 aliphatic heterocycles. The summed E-state index contributed by atoms with van der Waals surface area (Å²) in [5.41, 5.74) is 0.511. The fourth-order valence-corrected chi connectivity index (χ4v) is 4.78. The van der Waals surface area contributed by atoms with Crippen LogP contribution in [0.15, 0.2) is 6.33 Å². The molecule has 3 atom stereocenters. The Morgan fingerprint density at radius 3 is 2.63 bits per heavy atom. The molecule has 0 spiro atoms. The molecule has 1 fully saturated rings. The van der Waals surface area contributed by atoms with Crippen LogP contribution in [-0.2, 0) is 14.1 Å². The highest BCUT2D eigenvalue weighted by molar-refractivity contribution is 7.52. The molecule has 0 aromatic carbocycles. The van der Waals surface area contributed by atoms with Crippen LogP contribution in [0.1, 0.15) is 31.9 Å². The van der Waals surface area contributed by atoms with Crippen LogP contribution in [0.2, 0.25) is 5.28 Å². The number of fused-ring (bicyclic) bond motifs is 1. The van der Waals surface area contributed by atoms with Gasteiger partial charge in [-0.25, -0.2) is 4.98 Å².